The van der Waals surface area contributed by atoms with Crippen molar-refractivity contribution in [3.8, 4) is 0 Å². The third kappa shape index (κ3) is 16.4. The Kier molecular flexibility index (Phi) is 18.8. The number of hydrogen-bond donors (Lipinski definition) is 6. The molecule has 0 heterocycles. The highest BCUT2D eigenvalue weighted by molar-refractivity contribution is 5.88. The van der Waals surface area contributed by atoms with Gasteiger partial charge in [-0.15, -0.1) is 0 Å². The average Bonchev–Trinajstić information content (AvgIpc) is 3.08. The molecule has 0 aromatic heterocycles. The lowest BCUT2D eigenvalue weighted by Crippen LogP contribution is -2.56. The molecule has 2 aromatic carbocycles. The second kappa shape index (κ2) is 22.5. The van der Waals surface area contributed by atoms with Crippen LogP contribution in [0.15, 0.2) is 90.7 Å². The van der Waals surface area contributed by atoms with Gasteiger partial charge < -0.3 is 36.2 Å². The molecule has 0 bridgehead atoms. The summed E-state index contributed by atoms with van der Waals surface area (Å²) in [6.07, 6.45) is 7.19. The van der Waals surface area contributed by atoms with Crippen molar-refractivity contribution >= 4 is 17.7 Å². The fourth-order valence-electron chi connectivity index (χ4n) is 4.66. The number of aliphatic hydroxyl groups excluding tert-OH is 2. The minimum absolute atomic E-state index is 0.0503. The van der Waals surface area contributed by atoms with Crippen LogP contribution >= 0.6 is 0 Å². The van der Waals surface area contributed by atoms with E-state index in [9.17, 15) is 19.5 Å². The van der Waals surface area contributed by atoms with E-state index < -0.39 is 24.2 Å². The fraction of sp³-hybridized carbons (Fsp3) is 0.486. The molecule has 0 fully saturated rings. The highest BCUT2D eigenvalue weighted by atomic mass is 16.5. The van der Waals surface area contributed by atoms with Gasteiger partial charge in [-0.05, 0) is 55.7 Å². The van der Waals surface area contributed by atoms with E-state index in [4.69, 9.17) is 9.84 Å². The number of nitrogens with one attached hydrogen (secondary N) is 4. The molecule has 6 N–H and O–H groups in total. The number of amides is 3. The first-order valence-corrected chi connectivity index (χ1v) is 16.6. The maximum absolute atomic E-state index is 13.0. The molecule has 258 valence electrons. The van der Waals surface area contributed by atoms with E-state index >= 15 is 0 Å². The molecule has 0 radical (unpaired) electrons. The van der Waals surface area contributed by atoms with Gasteiger partial charge in [-0.25, -0.2) is 0 Å². The Bertz CT molecular complexity index is 1210. The molecule has 2 aromatic rings. The van der Waals surface area contributed by atoms with Crippen LogP contribution in [0.5, 0.6) is 0 Å². The SMILES string of the molecule is CC1C=CC(OCCCC(=O)NC(C(=O)N[C@@H](C)C(O)CNC(Cc2ccccc2)C(=O)NCCO)C(C)C)=CC1.c1ccccc1. The van der Waals surface area contributed by atoms with Gasteiger partial charge in [0.05, 0.1) is 31.4 Å². The zero-order valence-electron chi connectivity index (χ0n) is 28.2. The van der Waals surface area contributed by atoms with Crippen molar-refractivity contribution in [2.75, 3.05) is 26.3 Å². The molecule has 3 rings (SSSR count). The summed E-state index contributed by atoms with van der Waals surface area (Å²) < 4.78 is 5.71. The summed E-state index contributed by atoms with van der Waals surface area (Å²) in [6, 6.07) is 19.4. The zero-order valence-corrected chi connectivity index (χ0v) is 28.2. The smallest absolute Gasteiger partial charge is 0.243 e. The topological polar surface area (TPSA) is 149 Å². The molecule has 47 heavy (non-hydrogen) atoms. The van der Waals surface area contributed by atoms with Crippen LogP contribution in [0, 0.1) is 11.8 Å². The Morgan fingerprint density at radius 1 is 0.936 bits per heavy atom. The number of benzene rings is 2. The van der Waals surface area contributed by atoms with E-state index in [1.54, 1.807) is 6.92 Å². The number of carbonyl (C=O) groups is 3. The van der Waals surface area contributed by atoms with Gasteiger partial charge in [-0.1, -0.05) is 93.6 Å². The molecule has 5 atom stereocenters. The number of hydrogen-bond acceptors (Lipinski definition) is 7. The van der Waals surface area contributed by atoms with Gasteiger partial charge in [-0.3, -0.25) is 14.4 Å². The average molecular weight is 651 g/mol. The summed E-state index contributed by atoms with van der Waals surface area (Å²) in [5, 5.41) is 31.2. The number of ether oxygens (including phenoxy) is 1. The maximum Gasteiger partial charge on any atom is 0.243 e. The molecule has 0 saturated heterocycles. The highest BCUT2D eigenvalue weighted by Gasteiger charge is 2.28. The quantitative estimate of drug-likeness (QED) is 0.136. The number of allylic oxidation sites excluding steroid dienone is 3. The van der Waals surface area contributed by atoms with Crippen molar-refractivity contribution in [2.24, 2.45) is 11.8 Å². The van der Waals surface area contributed by atoms with Crippen molar-refractivity contribution in [1.29, 1.82) is 0 Å². The lowest BCUT2D eigenvalue weighted by molar-refractivity contribution is -0.131. The van der Waals surface area contributed by atoms with Crippen LogP contribution in [-0.4, -0.2) is 78.5 Å². The molecule has 3 amide bonds. The fourth-order valence-corrected chi connectivity index (χ4v) is 4.66. The monoisotopic (exact) mass is 650 g/mol. The van der Waals surface area contributed by atoms with Crippen molar-refractivity contribution < 1.29 is 29.3 Å². The van der Waals surface area contributed by atoms with Gasteiger partial charge in [-0.2, -0.15) is 0 Å². The Morgan fingerprint density at radius 3 is 2.15 bits per heavy atom. The van der Waals surface area contributed by atoms with Crippen LogP contribution in [-0.2, 0) is 25.5 Å². The summed E-state index contributed by atoms with van der Waals surface area (Å²) in [7, 11) is 0. The minimum atomic E-state index is -0.991. The molecule has 0 spiro atoms. The summed E-state index contributed by atoms with van der Waals surface area (Å²) in [4.78, 5) is 38.2. The third-order valence-electron chi connectivity index (χ3n) is 7.56. The van der Waals surface area contributed by atoms with E-state index in [0.29, 0.717) is 25.4 Å². The Morgan fingerprint density at radius 2 is 1.57 bits per heavy atom. The van der Waals surface area contributed by atoms with Crippen LogP contribution in [0.4, 0.5) is 0 Å². The van der Waals surface area contributed by atoms with Gasteiger partial charge in [0, 0.05) is 19.5 Å². The first kappa shape index (κ1) is 39.2. The van der Waals surface area contributed by atoms with E-state index in [0.717, 1.165) is 17.7 Å². The van der Waals surface area contributed by atoms with Crippen molar-refractivity contribution in [3.05, 3.63) is 96.3 Å². The molecule has 10 heteroatoms. The zero-order chi connectivity index (χ0) is 34.4. The molecule has 0 saturated carbocycles. The van der Waals surface area contributed by atoms with Gasteiger partial charge in [0.1, 0.15) is 11.8 Å². The van der Waals surface area contributed by atoms with Crippen molar-refractivity contribution in [2.45, 2.75) is 77.6 Å². The maximum atomic E-state index is 13.0. The molecular formula is C37H54N4O6. The van der Waals surface area contributed by atoms with E-state index in [-0.39, 0.29) is 49.8 Å². The molecular weight excluding hydrogens is 596 g/mol. The Labute approximate surface area is 280 Å². The number of carbonyl (C=O) groups excluding carboxylic acids is 3. The van der Waals surface area contributed by atoms with Crippen LogP contribution in [0.25, 0.3) is 0 Å². The molecule has 1 aliphatic carbocycles. The summed E-state index contributed by atoms with van der Waals surface area (Å²) in [5.41, 5.74) is 0.944. The van der Waals surface area contributed by atoms with Crippen LogP contribution < -0.4 is 21.3 Å². The van der Waals surface area contributed by atoms with Gasteiger partial charge >= 0.3 is 0 Å². The Balaban J connectivity index is 0.00000114. The molecule has 0 aliphatic heterocycles. The lowest BCUT2D eigenvalue weighted by atomic mass is 10.0. The predicted octanol–water partition coefficient (Wildman–Crippen LogP) is 3.27. The van der Waals surface area contributed by atoms with Crippen molar-refractivity contribution in [3.63, 3.8) is 0 Å². The first-order chi connectivity index (χ1) is 22.6. The Hall–Kier alpha value is -3.99. The summed E-state index contributed by atoms with van der Waals surface area (Å²) in [6.45, 7) is 7.92. The minimum Gasteiger partial charge on any atom is -0.494 e. The highest BCUT2D eigenvalue weighted by Crippen LogP contribution is 2.16. The number of aliphatic hydroxyl groups is 2. The third-order valence-corrected chi connectivity index (χ3v) is 7.56. The normalized spacial score (nSPS) is 16.4. The summed E-state index contributed by atoms with van der Waals surface area (Å²) >= 11 is 0. The van der Waals surface area contributed by atoms with Crippen molar-refractivity contribution in [1.82, 2.24) is 21.3 Å². The van der Waals surface area contributed by atoms with Crippen LogP contribution in [0.1, 0.15) is 52.5 Å². The van der Waals surface area contributed by atoms with E-state index in [2.05, 4.69) is 34.3 Å². The van der Waals surface area contributed by atoms with Crippen LogP contribution in [0.3, 0.4) is 0 Å². The molecule has 1 aliphatic rings. The molecule has 4 unspecified atom stereocenters. The second-order valence-electron chi connectivity index (χ2n) is 12.1. The predicted molar refractivity (Wildman–Crippen MR) is 185 cm³/mol. The van der Waals surface area contributed by atoms with E-state index in [1.807, 2.05) is 92.7 Å². The van der Waals surface area contributed by atoms with Crippen LogP contribution in [0.2, 0.25) is 0 Å². The standard InChI is InChI=1S/C31H48N4O6.C6H6/c1-21(2)29(35-28(38)11-8-18-41-25-14-12-22(3)13-15-25)31(40)34-23(4)27(37)20-33-26(30(39)32-16-17-36)19-24-9-6-5-7-10-24;1-2-4-6-5-3-1/h5-7,9-10,12,14-15,21-23,26-27,29,33,36-37H,8,11,13,16-20H2,1-4H3,(H,32,39)(H,34,40)(H,35,38);1-6H/t22?,23-,26?,27?,29?;/m0./s1. The lowest BCUT2D eigenvalue weighted by Gasteiger charge is -2.27. The second-order valence-corrected chi connectivity index (χ2v) is 12.1. The molecule has 10 nitrogen and oxygen atoms in total. The van der Waals surface area contributed by atoms with Gasteiger partial charge in [0.2, 0.25) is 17.7 Å². The van der Waals surface area contributed by atoms with Gasteiger partial charge in [0.25, 0.3) is 0 Å². The van der Waals surface area contributed by atoms with E-state index in [1.165, 1.54) is 0 Å². The van der Waals surface area contributed by atoms with Gasteiger partial charge in [0.15, 0.2) is 0 Å². The number of rotatable bonds is 18. The first-order valence-electron chi connectivity index (χ1n) is 16.6. The summed E-state index contributed by atoms with van der Waals surface area (Å²) in [5.74, 6) is 0.250. The largest absolute Gasteiger partial charge is 0.494 e.